The molecule has 4 aromatic heterocycles. The maximum atomic E-state index is 4.77. The fraction of sp³-hybridized carbons (Fsp3) is 0.100. The number of hydrogen-bond acceptors (Lipinski definition) is 4. The Balaban J connectivity index is 1.61. The molecule has 0 radical (unpaired) electrons. The van der Waals surface area contributed by atoms with Gasteiger partial charge in [-0.1, -0.05) is 19.1 Å². The predicted octanol–water partition coefficient (Wildman–Crippen LogP) is 3.82. The highest BCUT2D eigenvalue weighted by Crippen LogP contribution is 2.27. The Bertz CT molecular complexity index is 1210. The van der Waals surface area contributed by atoms with Crippen LogP contribution in [0.5, 0.6) is 0 Å². The van der Waals surface area contributed by atoms with Crippen molar-refractivity contribution >= 4 is 16.6 Å². The van der Waals surface area contributed by atoms with Crippen molar-refractivity contribution in [1.29, 1.82) is 0 Å². The minimum atomic E-state index is 0.154. The zero-order valence-electron chi connectivity index (χ0n) is 14.2. The van der Waals surface area contributed by atoms with Crippen LogP contribution in [0.4, 0.5) is 0 Å². The van der Waals surface area contributed by atoms with E-state index < -0.39 is 0 Å². The highest BCUT2D eigenvalue weighted by molar-refractivity contribution is 5.79. The molecule has 5 aromatic rings. The maximum Gasteiger partial charge on any atom is 0.153 e. The van der Waals surface area contributed by atoms with Crippen LogP contribution < -0.4 is 0 Å². The van der Waals surface area contributed by atoms with Crippen LogP contribution >= 0.6 is 0 Å². The van der Waals surface area contributed by atoms with E-state index in [9.17, 15) is 0 Å². The molecule has 1 N–H and O–H groups in total. The summed E-state index contributed by atoms with van der Waals surface area (Å²) in [6.45, 7) is 2.17. The van der Waals surface area contributed by atoms with Crippen LogP contribution in [0.15, 0.2) is 67.3 Å². The lowest BCUT2D eigenvalue weighted by Gasteiger charge is -2.12. The normalized spacial score (nSPS) is 12.7. The molecule has 1 unspecified atom stereocenters. The molecule has 6 heteroatoms. The Labute approximate surface area is 149 Å². The van der Waals surface area contributed by atoms with E-state index in [-0.39, 0.29) is 5.92 Å². The molecular weight excluding hydrogens is 324 g/mol. The van der Waals surface area contributed by atoms with Crippen LogP contribution in [0.3, 0.4) is 0 Å². The Kier molecular flexibility index (Phi) is 3.28. The summed E-state index contributed by atoms with van der Waals surface area (Å²) in [5, 5.41) is 12.7. The van der Waals surface area contributed by atoms with E-state index in [1.807, 2.05) is 41.3 Å². The lowest BCUT2D eigenvalue weighted by Crippen LogP contribution is -2.04. The number of H-pyrrole nitrogens is 1. The number of nitrogens with one attached hydrogen (secondary N) is 1. The van der Waals surface area contributed by atoms with Crippen LogP contribution in [-0.2, 0) is 0 Å². The summed E-state index contributed by atoms with van der Waals surface area (Å²) in [4.78, 5) is 8.91. The lowest BCUT2D eigenvalue weighted by atomic mass is 9.97. The van der Waals surface area contributed by atoms with Crippen molar-refractivity contribution in [3.8, 4) is 11.3 Å². The summed E-state index contributed by atoms with van der Waals surface area (Å²) in [5.74, 6) is 0.154. The smallest absolute Gasteiger partial charge is 0.153 e. The van der Waals surface area contributed by atoms with Gasteiger partial charge in [-0.05, 0) is 35.9 Å². The molecule has 0 saturated heterocycles. The second-order valence-corrected chi connectivity index (χ2v) is 6.34. The monoisotopic (exact) mass is 340 g/mol. The molecule has 0 amide bonds. The van der Waals surface area contributed by atoms with E-state index in [0.717, 1.165) is 33.5 Å². The van der Waals surface area contributed by atoms with E-state index in [4.69, 9.17) is 5.10 Å². The van der Waals surface area contributed by atoms with Gasteiger partial charge in [0.2, 0.25) is 0 Å². The number of hydrogen-bond donors (Lipinski definition) is 1. The molecule has 0 spiro atoms. The van der Waals surface area contributed by atoms with E-state index in [1.165, 1.54) is 5.56 Å². The molecular formula is C20H16N6. The van der Waals surface area contributed by atoms with Crippen LogP contribution in [0.25, 0.3) is 27.8 Å². The molecule has 126 valence electrons. The van der Waals surface area contributed by atoms with Crippen molar-refractivity contribution in [2.45, 2.75) is 12.8 Å². The third-order valence-corrected chi connectivity index (χ3v) is 4.75. The number of pyridine rings is 1. The zero-order valence-corrected chi connectivity index (χ0v) is 14.2. The second-order valence-electron chi connectivity index (χ2n) is 6.34. The summed E-state index contributed by atoms with van der Waals surface area (Å²) in [5.41, 5.74) is 5.91. The van der Waals surface area contributed by atoms with Gasteiger partial charge in [0.05, 0.1) is 29.3 Å². The van der Waals surface area contributed by atoms with Crippen LogP contribution in [0.2, 0.25) is 0 Å². The maximum absolute atomic E-state index is 4.77. The van der Waals surface area contributed by atoms with Gasteiger partial charge < -0.3 is 0 Å². The summed E-state index contributed by atoms with van der Waals surface area (Å²) in [7, 11) is 0. The summed E-state index contributed by atoms with van der Waals surface area (Å²) in [6.07, 6.45) is 7.33. The van der Waals surface area contributed by atoms with Gasteiger partial charge in [-0.3, -0.25) is 10.1 Å². The van der Waals surface area contributed by atoms with Gasteiger partial charge in [-0.25, -0.2) is 9.50 Å². The number of imidazole rings is 1. The van der Waals surface area contributed by atoms with Crippen molar-refractivity contribution in [1.82, 2.24) is 29.8 Å². The average molecular weight is 340 g/mol. The van der Waals surface area contributed by atoms with Crippen molar-refractivity contribution in [3.63, 3.8) is 0 Å². The Hall–Kier alpha value is -3.54. The van der Waals surface area contributed by atoms with Crippen molar-refractivity contribution < 1.29 is 0 Å². The number of aromatic amines is 1. The van der Waals surface area contributed by atoms with E-state index >= 15 is 0 Å². The van der Waals surface area contributed by atoms with E-state index in [2.05, 4.69) is 51.4 Å². The Morgan fingerprint density at radius 3 is 2.88 bits per heavy atom. The summed E-state index contributed by atoms with van der Waals surface area (Å²) < 4.78 is 1.92. The molecule has 4 heterocycles. The van der Waals surface area contributed by atoms with Crippen LogP contribution in [0, 0.1) is 0 Å². The number of benzene rings is 1. The first-order valence-electron chi connectivity index (χ1n) is 8.48. The number of fused-ring (bicyclic) bond motifs is 2. The molecule has 0 aliphatic heterocycles. The van der Waals surface area contributed by atoms with Gasteiger partial charge in [0.25, 0.3) is 0 Å². The average Bonchev–Trinajstić information content (AvgIpc) is 3.36. The minimum Gasteiger partial charge on any atom is -0.285 e. The molecule has 1 aromatic carbocycles. The first-order valence-corrected chi connectivity index (χ1v) is 8.48. The van der Waals surface area contributed by atoms with Gasteiger partial charge in [0.1, 0.15) is 0 Å². The van der Waals surface area contributed by atoms with Gasteiger partial charge in [-0.15, -0.1) is 0 Å². The second kappa shape index (κ2) is 5.77. The van der Waals surface area contributed by atoms with Crippen LogP contribution in [-0.4, -0.2) is 29.8 Å². The Morgan fingerprint density at radius 2 is 2.00 bits per heavy atom. The van der Waals surface area contributed by atoms with Gasteiger partial charge in [0, 0.05) is 29.3 Å². The molecule has 0 fully saturated rings. The third-order valence-electron chi connectivity index (χ3n) is 4.75. The van der Waals surface area contributed by atoms with Crippen molar-refractivity contribution in [2.75, 3.05) is 0 Å². The van der Waals surface area contributed by atoms with Gasteiger partial charge in [0.15, 0.2) is 5.65 Å². The first kappa shape index (κ1) is 14.8. The lowest BCUT2D eigenvalue weighted by molar-refractivity contribution is 0.793. The van der Waals surface area contributed by atoms with Crippen LogP contribution in [0.1, 0.15) is 24.1 Å². The van der Waals surface area contributed by atoms with E-state index in [0.29, 0.717) is 0 Å². The summed E-state index contributed by atoms with van der Waals surface area (Å²) >= 11 is 0. The highest BCUT2D eigenvalue weighted by Gasteiger charge is 2.16. The highest BCUT2D eigenvalue weighted by atomic mass is 15.3. The van der Waals surface area contributed by atoms with Gasteiger partial charge in [-0.2, -0.15) is 10.2 Å². The molecule has 0 bridgehead atoms. The summed E-state index contributed by atoms with van der Waals surface area (Å²) in [6, 6.07) is 14.4. The molecule has 0 aliphatic rings. The standard InChI is InChI=1S/C20H16N6/c1-13(14-4-5-17-15(9-14)3-2-8-21-17)19-12-22-20-7-6-18(25-26(19)20)16-10-23-24-11-16/h2-13H,1H3,(H,23,24). The van der Waals surface area contributed by atoms with E-state index in [1.54, 1.807) is 6.20 Å². The SMILES string of the molecule is CC(c1ccc2ncccc2c1)c1cnc2ccc(-c3cn[nH]c3)nn12. The fourth-order valence-corrected chi connectivity index (χ4v) is 3.27. The molecule has 26 heavy (non-hydrogen) atoms. The Morgan fingerprint density at radius 1 is 1.04 bits per heavy atom. The first-order chi connectivity index (χ1) is 12.8. The zero-order chi connectivity index (χ0) is 17.5. The van der Waals surface area contributed by atoms with Crippen molar-refractivity contribution in [3.05, 3.63) is 78.5 Å². The molecule has 0 aliphatic carbocycles. The largest absolute Gasteiger partial charge is 0.285 e. The number of aromatic nitrogens is 6. The van der Waals surface area contributed by atoms with Crippen molar-refractivity contribution in [2.24, 2.45) is 0 Å². The molecule has 6 nitrogen and oxygen atoms in total. The quantitative estimate of drug-likeness (QED) is 0.542. The minimum absolute atomic E-state index is 0.154. The fourth-order valence-electron chi connectivity index (χ4n) is 3.27. The molecule has 5 rings (SSSR count). The molecule has 1 atom stereocenters. The third kappa shape index (κ3) is 2.35. The molecule has 0 saturated carbocycles. The predicted molar refractivity (Wildman–Crippen MR) is 99.8 cm³/mol. The topological polar surface area (TPSA) is 71.8 Å². The van der Waals surface area contributed by atoms with Gasteiger partial charge >= 0.3 is 0 Å². The number of rotatable bonds is 3. The number of nitrogens with zero attached hydrogens (tertiary/aromatic N) is 5.